The third-order valence-electron chi connectivity index (χ3n) is 3.55. The SMILES string of the molecule is CC(CC(N)=S)Cc1ccc2c(c1)CCCC2. The Balaban J connectivity index is 2.04. The van der Waals surface area contributed by atoms with Gasteiger partial charge in [0.05, 0.1) is 4.99 Å². The first-order valence-corrected chi connectivity index (χ1v) is 6.95. The Bertz CT molecular complexity index is 411. The van der Waals surface area contributed by atoms with E-state index in [0.29, 0.717) is 10.9 Å². The molecule has 1 unspecified atom stereocenters. The third kappa shape index (κ3) is 3.53. The number of benzene rings is 1. The van der Waals surface area contributed by atoms with Crippen LogP contribution in [0.2, 0.25) is 0 Å². The van der Waals surface area contributed by atoms with Crippen LogP contribution in [0.25, 0.3) is 0 Å². The highest BCUT2D eigenvalue weighted by atomic mass is 32.1. The summed E-state index contributed by atoms with van der Waals surface area (Å²) in [5, 5.41) is 0. The van der Waals surface area contributed by atoms with Crippen molar-refractivity contribution >= 4 is 17.2 Å². The average molecular weight is 247 g/mol. The van der Waals surface area contributed by atoms with Crippen molar-refractivity contribution in [2.24, 2.45) is 11.7 Å². The molecule has 0 heterocycles. The standard InChI is InChI=1S/C15H21NS/c1-11(9-15(16)17)8-12-6-7-13-4-2-3-5-14(13)10-12/h6-7,10-11H,2-5,8-9H2,1H3,(H2,16,17). The molecule has 2 N–H and O–H groups in total. The topological polar surface area (TPSA) is 26.0 Å². The Morgan fingerprint density at radius 3 is 2.71 bits per heavy atom. The van der Waals surface area contributed by atoms with E-state index in [9.17, 15) is 0 Å². The molecule has 2 rings (SSSR count). The minimum Gasteiger partial charge on any atom is -0.393 e. The molecule has 0 spiro atoms. The zero-order valence-electron chi connectivity index (χ0n) is 10.5. The largest absolute Gasteiger partial charge is 0.393 e. The number of thiocarbonyl (C=S) groups is 1. The van der Waals surface area contributed by atoms with Crippen molar-refractivity contribution in [1.29, 1.82) is 0 Å². The maximum Gasteiger partial charge on any atom is 0.0730 e. The van der Waals surface area contributed by atoms with Crippen molar-refractivity contribution in [2.45, 2.75) is 45.4 Å². The van der Waals surface area contributed by atoms with Crippen molar-refractivity contribution in [1.82, 2.24) is 0 Å². The molecule has 0 radical (unpaired) electrons. The lowest BCUT2D eigenvalue weighted by molar-refractivity contribution is 0.605. The zero-order valence-corrected chi connectivity index (χ0v) is 11.4. The Labute approximate surface area is 109 Å². The molecule has 2 heteroatoms. The molecular formula is C15H21NS. The second kappa shape index (κ2) is 5.63. The van der Waals surface area contributed by atoms with Gasteiger partial charge in [0, 0.05) is 6.42 Å². The number of aryl methyl sites for hydroxylation is 2. The van der Waals surface area contributed by atoms with E-state index < -0.39 is 0 Å². The fraction of sp³-hybridized carbons (Fsp3) is 0.533. The molecule has 0 aromatic heterocycles. The van der Waals surface area contributed by atoms with Gasteiger partial charge in [-0.2, -0.15) is 0 Å². The van der Waals surface area contributed by atoms with Crippen molar-refractivity contribution in [3.8, 4) is 0 Å². The minimum absolute atomic E-state index is 0.550. The lowest BCUT2D eigenvalue weighted by atomic mass is 9.88. The Morgan fingerprint density at radius 2 is 2.00 bits per heavy atom. The number of nitrogens with two attached hydrogens (primary N) is 1. The number of hydrogen-bond acceptors (Lipinski definition) is 1. The number of fused-ring (bicyclic) bond motifs is 1. The van der Waals surface area contributed by atoms with Crippen LogP contribution in [0.1, 0.15) is 42.9 Å². The molecule has 0 saturated carbocycles. The van der Waals surface area contributed by atoms with Crippen molar-refractivity contribution in [3.05, 3.63) is 34.9 Å². The summed E-state index contributed by atoms with van der Waals surface area (Å²) in [6, 6.07) is 6.99. The van der Waals surface area contributed by atoms with Gasteiger partial charge in [0.1, 0.15) is 0 Å². The molecule has 1 aromatic rings. The Morgan fingerprint density at radius 1 is 1.29 bits per heavy atom. The number of hydrogen-bond donors (Lipinski definition) is 1. The zero-order chi connectivity index (χ0) is 12.3. The van der Waals surface area contributed by atoms with Crippen LogP contribution in [-0.2, 0) is 19.3 Å². The first kappa shape index (κ1) is 12.6. The molecule has 1 atom stereocenters. The van der Waals surface area contributed by atoms with Crippen LogP contribution in [-0.4, -0.2) is 4.99 Å². The molecule has 1 aromatic carbocycles. The van der Waals surface area contributed by atoms with Crippen LogP contribution < -0.4 is 5.73 Å². The first-order chi connectivity index (χ1) is 8.15. The lowest BCUT2D eigenvalue weighted by Crippen LogP contribution is -2.14. The van der Waals surface area contributed by atoms with Gasteiger partial charge in [-0.25, -0.2) is 0 Å². The Hall–Kier alpha value is -0.890. The summed E-state index contributed by atoms with van der Waals surface area (Å²) in [4.78, 5) is 0.635. The highest BCUT2D eigenvalue weighted by Crippen LogP contribution is 2.23. The summed E-state index contributed by atoms with van der Waals surface area (Å²) in [5.41, 5.74) is 10.2. The predicted molar refractivity (Wildman–Crippen MR) is 77.4 cm³/mol. The summed E-state index contributed by atoms with van der Waals surface area (Å²) < 4.78 is 0. The molecule has 0 amide bonds. The second-order valence-corrected chi connectivity index (χ2v) is 5.81. The highest BCUT2D eigenvalue weighted by Gasteiger charge is 2.11. The van der Waals surface area contributed by atoms with Gasteiger partial charge < -0.3 is 5.73 Å². The van der Waals surface area contributed by atoms with E-state index >= 15 is 0 Å². The van der Waals surface area contributed by atoms with Crippen LogP contribution in [0, 0.1) is 5.92 Å². The fourth-order valence-electron chi connectivity index (χ4n) is 2.73. The maximum atomic E-state index is 5.59. The summed E-state index contributed by atoms with van der Waals surface area (Å²) in [6.07, 6.45) is 7.16. The van der Waals surface area contributed by atoms with Gasteiger partial charge >= 0.3 is 0 Å². The van der Waals surface area contributed by atoms with Crippen LogP contribution in [0.4, 0.5) is 0 Å². The number of rotatable bonds is 4. The van der Waals surface area contributed by atoms with Gasteiger partial charge in [-0.05, 0) is 54.7 Å². The molecule has 1 nitrogen and oxygen atoms in total. The van der Waals surface area contributed by atoms with Crippen LogP contribution in [0.5, 0.6) is 0 Å². The fourth-order valence-corrected chi connectivity index (χ4v) is 3.02. The quantitative estimate of drug-likeness (QED) is 0.825. The second-order valence-electron chi connectivity index (χ2n) is 5.29. The van der Waals surface area contributed by atoms with E-state index in [2.05, 4.69) is 25.1 Å². The highest BCUT2D eigenvalue weighted by molar-refractivity contribution is 7.80. The van der Waals surface area contributed by atoms with Crippen LogP contribution in [0.3, 0.4) is 0 Å². The van der Waals surface area contributed by atoms with E-state index in [-0.39, 0.29) is 0 Å². The van der Waals surface area contributed by atoms with Crippen LogP contribution in [0.15, 0.2) is 18.2 Å². The van der Waals surface area contributed by atoms with Gasteiger partial charge in [0.2, 0.25) is 0 Å². The molecular weight excluding hydrogens is 226 g/mol. The smallest absolute Gasteiger partial charge is 0.0730 e. The van der Waals surface area contributed by atoms with Gasteiger partial charge in [-0.15, -0.1) is 0 Å². The van der Waals surface area contributed by atoms with Gasteiger partial charge in [0.15, 0.2) is 0 Å². The van der Waals surface area contributed by atoms with E-state index in [4.69, 9.17) is 18.0 Å². The molecule has 1 aliphatic carbocycles. The van der Waals surface area contributed by atoms with Crippen molar-refractivity contribution in [2.75, 3.05) is 0 Å². The van der Waals surface area contributed by atoms with Crippen molar-refractivity contribution in [3.63, 3.8) is 0 Å². The predicted octanol–water partition coefficient (Wildman–Crippen LogP) is 3.42. The van der Waals surface area contributed by atoms with Crippen molar-refractivity contribution < 1.29 is 0 Å². The van der Waals surface area contributed by atoms with E-state index in [1.54, 1.807) is 11.1 Å². The molecule has 0 bridgehead atoms. The third-order valence-corrected chi connectivity index (χ3v) is 3.71. The van der Waals surface area contributed by atoms with E-state index in [0.717, 1.165) is 12.8 Å². The monoisotopic (exact) mass is 247 g/mol. The van der Waals surface area contributed by atoms with Gasteiger partial charge in [-0.1, -0.05) is 37.3 Å². The van der Waals surface area contributed by atoms with Crippen LogP contribution >= 0.6 is 12.2 Å². The molecule has 1 aliphatic rings. The molecule has 0 aliphatic heterocycles. The molecule has 0 saturated heterocycles. The minimum atomic E-state index is 0.550. The van der Waals surface area contributed by atoms with Gasteiger partial charge in [0.25, 0.3) is 0 Å². The van der Waals surface area contributed by atoms with E-state index in [1.807, 2.05) is 0 Å². The normalized spacial score (nSPS) is 16.3. The average Bonchev–Trinajstić information content (AvgIpc) is 2.27. The lowest BCUT2D eigenvalue weighted by Gasteiger charge is -2.18. The summed E-state index contributed by atoms with van der Waals surface area (Å²) in [6.45, 7) is 2.22. The summed E-state index contributed by atoms with van der Waals surface area (Å²) in [5.74, 6) is 0.550. The molecule has 0 fully saturated rings. The summed E-state index contributed by atoms with van der Waals surface area (Å²) in [7, 11) is 0. The van der Waals surface area contributed by atoms with E-state index in [1.165, 1.54) is 31.2 Å². The van der Waals surface area contributed by atoms with Gasteiger partial charge in [-0.3, -0.25) is 0 Å². The maximum absolute atomic E-state index is 5.59. The molecule has 17 heavy (non-hydrogen) atoms. The molecule has 92 valence electrons. The summed E-state index contributed by atoms with van der Waals surface area (Å²) >= 11 is 4.96. The first-order valence-electron chi connectivity index (χ1n) is 6.54. The Kier molecular flexibility index (Phi) is 4.16.